The first kappa shape index (κ1) is 22.8. The van der Waals surface area contributed by atoms with Gasteiger partial charge < -0.3 is 14.9 Å². The Morgan fingerprint density at radius 1 is 0.800 bits per heavy atom. The van der Waals surface area contributed by atoms with Crippen LogP contribution in [0.3, 0.4) is 0 Å². The van der Waals surface area contributed by atoms with Crippen molar-refractivity contribution in [2.24, 2.45) is 0 Å². The molecule has 1 heterocycles. The Hall–Kier alpha value is -1.86. The van der Waals surface area contributed by atoms with E-state index in [9.17, 15) is 27.0 Å². The fourth-order valence-electron chi connectivity index (χ4n) is 2.79. The summed E-state index contributed by atoms with van der Waals surface area (Å²) in [5.74, 6) is 0. The molecule has 1 saturated heterocycles. The average molecular weight is 459 g/mol. The van der Waals surface area contributed by atoms with Crippen molar-refractivity contribution in [1.29, 1.82) is 0 Å². The molecule has 1 aliphatic heterocycles. The van der Waals surface area contributed by atoms with Gasteiger partial charge in [0.25, 0.3) is 20.2 Å². The summed E-state index contributed by atoms with van der Waals surface area (Å²) in [6.45, 7) is 3.07. The Labute approximate surface area is 175 Å². The number of hydrogen-bond donors (Lipinski definition) is 2. The molecule has 0 radical (unpaired) electrons. The zero-order valence-electron chi connectivity index (χ0n) is 16.2. The highest BCUT2D eigenvalue weighted by Crippen LogP contribution is 2.26. The molecule has 1 fully saturated rings. The van der Waals surface area contributed by atoms with E-state index in [1.165, 1.54) is 24.3 Å². The number of aliphatic hydroxyl groups is 2. The molecule has 9 nitrogen and oxygen atoms in total. The maximum atomic E-state index is 12.5. The zero-order chi connectivity index (χ0) is 22.1. The Balaban J connectivity index is 1.78. The van der Waals surface area contributed by atoms with E-state index >= 15 is 0 Å². The second-order valence-electron chi connectivity index (χ2n) is 6.94. The van der Waals surface area contributed by atoms with Gasteiger partial charge in [-0.25, -0.2) is 0 Å². The smallest absolute Gasteiger partial charge is 0.297 e. The van der Waals surface area contributed by atoms with Crippen LogP contribution in [-0.4, -0.2) is 58.3 Å². The summed E-state index contributed by atoms with van der Waals surface area (Å²) < 4.78 is 64.9. The van der Waals surface area contributed by atoms with Crippen molar-refractivity contribution < 1.29 is 40.2 Å². The van der Waals surface area contributed by atoms with Gasteiger partial charge >= 0.3 is 0 Å². The number of aryl methyl sites for hydroxylation is 2. The maximum absolute atomic E-state index is 12.5. The van der Waals surface area contributed by atoms with Gasteiger partial charge in [-0.2, -0.15) is 16.8 Å². The quantitative estimate of drug-likeness (QED) is 0.604. The van der Waals surface area contributed by atoms with Gasteiger partial charge in [0, 0.05) is 0 Å². The monoisotopic (exact) mass is 458 g/mol. The van der Waals surface area contributed by atoms with Crippen LogP contribution in [0, 0.1) is 13.8 Å². The third-order valence-corrected chi connectivity index (χ3v) is 7.21. The molecule has 1 aliphatic rings. The molecule has 11 heteroatoms. The van der Waals surface area contributed by atoms with Gasteiger partial charge in [0.2, 0.25) is 0 Å². The minimum absolute atomic E-state index is 0.142. The highest BCUT2D eigenvalue weighted by atomic mass is 32.2. The Bertz CT molecular complexity index is 1080. The number of rotatable bonds is 6. The standard InChI is InChI=1S/C19H22O9S2/c1-12-3-7-14(8-4-12)29(22,23)27-16-11-26-19(21)18(17(16)20)28-30(24,25)15-9-5-13(2)6-10-15/h3-10,16-21H,11H2,1-2H3/t16-,17-,18-,19-/m1/s1. The van der Waals surface area contributed by atoms with E-state index < -0.39 is 51.4 Å². The molecule has 4 atom stereocenters. The molecular weight excluding hydrogens is 436 g/mol. The van der Waals surface area contributed by atoms with E-state index in [0.29, 0.717) is 0 Å². The zero-order valence-corrected chi connectivity index (χ0v) is 17.8. The maximum Gasteiger partial charge on any atom is 0.297 e. The van der Waals surface area contributed by atoms with Crippen LogP contribution in [0.4, 0.5) is 0 Å². The van der Waals surface area contributed by atoms with Crippen LogP contribution in [0.1, 0.15) is 11.1 Å². The fourth-order valence-corrected chi connectivity index (χ4v) is 4.94. The predicted octanol–water partition coefficient (Wildman–Crippen LogP) is 0.861. The highest BCUT2D eigenvalue weighted by Gasteiger charge is 2.45. The Kier molecular flexibility index (Phi) is 6.63. The third kappa shape index (κ3) is 5.06. The van der Waals surface area contributed by atoms with Gasteiger partial charge in [0.05, 0.1) is 16.4 Å². The van der Waals surface area contributed by atoms with Gasteiger partial charge in [0.15, 0.2) is 12.4 Å². The molecule has 0 bridgehead atoms. The predicted molar refractivity (Wildman–Crippen MR) is 104 cm³/mol. The number of ether oxygens (including phenoxy) is 1. The second kappa shape index (κ2) is 8.71. The third-order valence-electron chi connectivity index (χ3n) is 4.54. The van der Waals surface area contributed by atoms with Crippen molar-refractivity contribution in [3.8, 4) is 0 Å². The van der Waals surface area contributed by atoms with Crippen molar-refractivity contribution in [3.63, 3.8) is 0 Å². The number of benzene rings is 2. The van der Waals surface area contributed by atoms with Crippen LogP contribution in [0.15, 0.2) is 58.3 Å². The summed E-state index contributed by atoms with van der Waals surface area (Å²) in [6, 6.07) is 11.6. The first-order valence-corrected chi connectivity index (χ1v) is 11.8. The summed E-state index contributed by atoms with van der Waals surface area (Å²) in [4.78, 5) is -0.334. The average Bonchev–Trinajstić information content (AvgIpc) is 2.68. The first-order chi connectivity index (χ1) is 14.0. The molecule has 2 aromatic carbocycles. The summed E-state index contributed by atoms with van der Waals surface area (Å²) in [5, 5.41) is 20.5. The SMILES string of the molecule is Cc1ccc(S(=O)(=O)O[C@@H]2[C@H](O)[C@H](OS(=O)(=O)c3ccc(C)cc3)CO[C@H]2O)cc1. The van der Waals surface area contributed by atoms with E-state index in [4.69, 9.17) is 13.1 Å². The molecule has 0 saturated carbocycles. The van der Waals surface area contributed by atoms with Gasteiger partial charge in [-0.1, -0.05) is 35.4 Å². The van der Waals surface area contributed by atoms with Crippen LogP contribution in [0.2, 0.25) is 0 Å². The minimum Gasteiger partial charge on any atom is -0.387 e. The van der Waals surface area contributed by atoms with Gasteiger partial charge in [-0.05, 0) is 38.1 Å². The molecule has 30 heavy (non-hydrogen) atoms. The van der Waals surface area contributed by atoms with Crippen molar-refractivity contribution in [1.82, 2.24) is 0 Å². The largest absolute Gasteiger partial charge is 0.387 e. The normalized spacial score (nSPS) is 25.2. The first-order valence-electron chi connectivity index (χ1n) is 8.97. The molecule has 0 aromatic heterocycles. The van der Waals surface area contributed by atoms with Crippen LogP contribution in [-0.2, 0) is 33.3 Å². The number of aliphatic hydroxyl groups excluding tert-OH is 2. The molecule has 0 amide bonds. The van der Waals surface area contributed by atoms with E-state index in [0.717, 1.165) is 11.1 Å². The van der Waals surface area contributed by atoms with E-state index in [-0.39, 0.29) is 9.79 Å². The van der Waals surface area contributed by atoms with Crippen LogP contribution >= 0.6 is 0 Å². The molecular formula is C19H22O9S2. The lowest BCUT2D eigenvalue weighted by molar-refractivity contribution is -0.239. The van der Waals surface area contributed by atoms with E-state index in [2.05, 4.69) is 0 Å². The molecule has 0 unspecified atom stereocenters. The van der Waals surface area contributed by atoms with Crippen LogP contribution < -0.4 is 0 Å². The molecule has 164 valence electrons. The lowest BCUT2D eigenvalue weighted by atomic mass is 10.1. The summed E-state index contributed by atoms with van der Waals surface area (Å²) in [6.07, 6.45) is -6.88. The molecule has 0 spiro atoms. The topological polar surface area (TPSA) is 136 Å². The summed E-state index contributed by atoms with van der Waals surface area (Å²) in [5.41, 5.74) is 1.66. The molecule has 2 aromatic rings. The minimum atomic E-state index is -4.37. The summed E-state index contributed by atoms with van der Waals surface area (Å²) >= 11 is 0. The van der Waals surface area contributed by atoms with Gasteiger partial charge in [-0.3, -0.25) is 8.37 Å². The van der Waals surface area contributed by atoms with Crippen LogP contribution in [0.25, 0.3) is 0 Å². The lowest BCUT2D eigenvalue weighted by Crippen LogP contribution is -2.55. The van der Waals surface area contributed by atoms with Gasteiger partial charge in [0.1, 0.15) is 12.2 Å². The molecule has 0 aliphatic carbocycles. The van der Waals surface area contributed by atoms with Crippen molar-refractivity contribution >= 4 is 20.2 Å². The lowest BCUT2D eigenvalue weighted by Gasteiger charge is -2.36. The van der Waals surface area contributed by atoms with E-state index in [1.807, 2.05) is 0 Å². The molecule has 2 N–H and O–H groups in total. The van der Waals surface area contributed by atoms with Crippen molar-refractivity contribution in [3.05, 3.63) is 59.7 Å². The van der Waals surface area contributed by atoms with Crippen LogP contribution in [0.5, 0.6) is 0 Å². The number of hydrogen-bond acceptors (Lipinski definition) is 9. The van der Waals surface area contributed by atoms with E-state index in [1.54, 1.807) is 38.1 Å². The molecule has 3 rings (SSSR count). The Morgan fingerprint density at radius 2 is 1.23 bits per heavy atom. The van der Waals surface area contributed by atoms with Gasteiger partial charge in [-0.15, -0.1) is 0 Å². The highest BCUT2D eigenvalue weighted by molar-refractivity contribution is 7.87. The Morgan fingerprint density at radius 3 is 1.70 bits per heavy atom. The second-order valence-corrected chi connectivity index (χ2v) is 10.1. The summed E-state index contributed by atoms with van der Waals surface area (Å²) in [7, 11) is -8.65. The van der Waals surface area contributed by atoms with Crippen molar-refractivity contribution in [2.45, 2.75) is 48.2 Å². The fraction of sp³-hybridized carbons (Fsp3) is 0.368. The van der Waals surface area contributed by atoms with Crippen molar-refractivity contribution in [2.75, 3.05) is 6.61 Å².